The molecule has 14 heavy (non-hydrogen) atoms. The van der Waals surface area contributed by atoms with Crippen LogP contribution in [-0.2, 0) is 9.53 Å². The van der Waals surface area contributed by atoms with E-state index in [1.54, 1.807) is 11.4 Å². The van der Waals surface area contributed by atoms with Gasteiger partial charge in [0, 0.05) is 6.42 Å². The lowest BCUT2D eigenvalue weighted by Crippen LogP contribution is -2.11. The van der Waals surface area contributed by atoms with E-state index < -0.39 is 11.9 Å². The van der Waals surface area contributed by atoms with Crippen LogP contribution in [0.5, 0.6) is 0 Å². The number of halogens is 1. The lowest BCUT2D eigenvalue weighted by atomic mass is 10.3. The normalized spacial score (nSPS) is 9.86. The Hall–Kier alpha value is -0.680. The fraction of sp³-hybridized carbons (Fsp3) is 0.333. The van der Waals surface area contributed by atoms with Crippen molar-refractivity contribution in [1.82, 2.24) is 0 Å². The molecular formula is C9H9BrO3S. The third kappa shape index (κ3) is 2.92. The molecule has 0 N–H and O–H groups in total. The molecule has 0 atom stereocenters. The molecule has 1 rings (SSSR count). The maximum absolute atomic E-state index is 11.3. The SMILES string of the molecule is CCCC(=O)OC(=O)c1ccsc1Br. The van der Waals surface area contributed by atoms with Gasteiger partial charge in [0.05, 0.1) is 9.35 Å². The van der Waals surface area contributed by atoms with Crippen molar-refractivity contribution in [2.45, 2.75) is 19.8 Å². The van der Waals surface area contributed by atoms with Gasteiger partial charge in [0.2, 0.25) is 0 Å². The van der Waals surface area contributed by atoms with Crippen molar-refractivity contribution < 1.29 is 14.3 Å². The predicted molar refractivity (Wildman–Crippen MR) is 57.3 cm³/mol. The largest absolute Gasteiger partial charge is 0.389 e. The molecular weight excluding hydrogens is 268 g/mol. The molecule has 5 heteroatoms. The van der Waals surface area contributed by atoms with Crippen LogP contribution in [0.3, 0.4) is 0 Å². The molecule has 0 amide bonds. The molecule has 1 aromatic heterocycles. The van der Waals surface area contributed by atoms with Gasteiger partial charge in [-0.1, -0.05) is 6.92 Å². The van der Waals surface area contributed by atoms with Crippen molar-refractivity contribution in [3.8, 4) is 0 Å². The van der Waals surface area contributed by atoms with Crippen molar-refractivity contribution in [1.29, 1.82) is 0 Å². The summed E-state index contributed by atoms with van der Waals surface area (Å²) in [6, 6.07) is 1.62. The van der Waals surface area contributed by atoms with E-state index >= 15 is 0 Å². The third-order valence-electron chi connectivity index (χ3n) is 1.50. The molecule has 3 nitrogen and oxygen atoms in total. The molecule has 1 aromatic rings. The number of carbonyl (C=O) groups excluding carboxylic acids is 2. The fourth-order valence-electron chi connectivity index (χ4n) is 0.853. The summed E-state index contributed by atoms with van der Waals surface area (Å²) in [5.74, 6) is -1.06. The Morgan fingerprint density at radius 1 is 1.57 bits per heavy atom. The Bertz CT molecular complexity index is 346. The minimum atomic E-state index is -0.587. The zero-order valence-corrected chi connectivity index (χ0v) is 9.98. The van der Waals surface area contributed by atoms with E-state index in [2.05, 4.69) is 20.7 Å². The Kier molecular flexibility index (Phi) is 4.28. The molecule has 0 bridgehead atoms. The van der Waals surface area contributed by atoms with Crippen LogP contribution in [0.15, 0.2) is 15.2 Å². The summed E-state index contributed by atoms with van der Waals surface area (Å²) < 4.78 is 5.30. The van der Waals surface area contributed by atoms with Crippen LogP contribution < -0.4 is 0 Å². The van der Waals surface area contributed by atoms with Crippen molar-refractivity contribution in [2.75, 3.05) is 0 Å². The van der Waals surface area contributed by atoms with Crippen molar-refractivity contribution in [3.05, 3.63) is 20.8 Å². The second-order valence-corrected chi connectivity index (χ2v) is 4.85. The maximum Gasteiger partial charge on any atom is 0.347 e. The Morgan fingerprint density at radius 2 is 2.29 bits per heavy atom. The van der Waals surface area contributed by atoms with Gasteiger partial charge in [-0.2, -0.15) is 0 Å². The summed E-state index contributed by atoms with van der Waals surface area (Å²) >= 11 is 4.58. The molecule has 0 radical (unpaired) electrons. The zero-order chi connectivity index (χ0) is 10.6. The summed E-state index contributed by atoms with van der Waals surface area (Å²) in [5, 5.41) is 1.75. The van der Waals surface area contributed by atoms with E-state index in [1.165, 1.54) is 11.3 Å². The highest BCUT2D eigenvalue weighted by Crippen LogP contribution is 2.24. The van der Waals surface area contributed by atoms with Gasteiger partial charge in [-0.05, 0) is 33.8 Å². The highest BCUT2D eigenvalue weighted by Gasteiger charge is 2.15. The summed E-state index contributed by atoms with van der Waals surface area (Å²) in [6.45, 7) is 1.85. The zero-order valence-electron chi connectivity index (χ0n) is 7.58. The molecule has 0 spiro atoms. The smallest absolute Gasteiger partial charge is 0.347 e. The van der Waals surface area contributed by atoms with Gasteiger partial charge in [0.15, 0.2) is 0 Å². The van der Waals surface area contributed by atoms with E-state index in [1.807, 2.05) is 6.92 Å². The van der Waals surface area contributed by atoms with Gasteiger partial charge in [-0.3, -0.25) is 4.79 Å². The van der Waals surface area contributed by atoms with Crippen LogP contribution in [0.25, 0.3) is 0 Å². The monoisotopic (exact) mass is 276 g/mol. The minimum Gasteiger partial charge on any atom is -0.389 e. The third-order valence-corrected chi connectivity index (χ3v) is 3.19. The number of esters is 2. The lowest BCUT2D eigenvalue weighted by Gasteiger charge is -1.99. The van der Waals surface area contributed by atoms with Crippen molar-refractivity contribution in [3.63, 3.8) is 0 Å². The second-order valence-electron chi connectivity index (χ2n) is 2.62. The quantitative estimate of drug-likeness (QED) is 0.630. The van der Waals surface area contributed by atoms with Crippen LogP contribution >= 0.6 is 27.3 Å². The van der Waals surface area contributed by atoms with Crippen molar-refractivity contribution >= 4 is 39.2 Å². The molecule has 76 valence electrons. The number of hydrogen-bond donors (Lipinski definition) is 0. The number of thiophene rings is 1. The highest BCUT2D eigenvalue weighted by atomic mass is 79.9. The summed E-state index contributed by atoms with van der Waals surface area (Å²) in [7, 11) is 0. The minimum absolute atomic E-state index is 0.271. The predicted octanol–water partition coefficient (Wildman–Crippen LogP) is 2.99. The molecule has 0 saturated carbocycles. The summed E-state index contributed by atoms with van der Waals surface area (Å²) in [5.41, 5.74) is 0.402. The van der Waals surface area contributed by atoms with Gasteiger partial charge < -0.3 is 4.74 Å². The van der Waals surface area contributed by atoms with Crippen LogP contribution in [-0.4, -0.2) is 11.9 Å². The van der Waals surface area contributed by atoms with Crippen LogP contribution in [0.1, 0.15) is 30.1 Å². The van der Waals surface area contributed by atoms with Gasteiger partial charge in [-0.25, -0.2) is 4.79 Å². The van der Waals surface area contributed by atoms with E-state index in [0.717, 1.165) is 0 Å². The first kappa shape index (κ1) is 11.4. The number of carbonyl (C=O) groups is 2. The molecule has 0 aliphatic rings. The molecule has 0 aromatic carbocycles. The van der Waals surface area contributed by atoms with Crippen LogP contribution in [0.4, 0.5) is 0 Å². The Labute approximate surface area is 94.2 Å². The van der Waals surface area contributed by atoms with E-state index in [0.29, 0.717) is 15.8 Å². The van der Waals surface area contributed by atoms with Gasteiger partial charge in [0.1, 0.15) is 0 Å². The van der Waals surface area contributed by atoms with Gasteiger partial charge >= 0.3 is 11.9 Å². The summed E-state index contributed by atoms with van der Waals surface area (Å²) in [4.78, 5) is 22.4. The molecule has 1 heterocycles. The lowest BCUT2D eigenvalue weighted by molar-refractivity contribution is -0.137. The van der Waals surface area contributed by atoms with Crippen LogP contribution in [0, 0.1) is 0 Å². The first-order valence-corrected chi connectivity index (χ1v) is 5.80. The molecule has 0 fully saturated rings. The molecule has 0 aliphatic heterocycles. The number of rotatable bonds is 3. The van der Waals surface area contributed by atoms with Gasteiger partial charge in [0.25, 0.3) is 0 Å². The molecule has 0 aliphatic carbocycles. The van der Waals surface area contributed by atoms with Crippen LogP contribution in [0.2, 0.25) is 0 Å². The summed E-state index contributed by atoms with van der Waals surface area (Å²) in [6.07, 6.45) is 0.949. The van der Waals surface area contributed by atoms with E-state index in [-0.39, 0.29) is 6.42 Å². The van der Waals surface area contributed by atoms with E-state index in [9.17, 15) is 9.59 Å². The molecule has 0 unspecified atom stereocenters. The first-order valence-electron chi connectivity index (χ1n) is 4.13. The highest BCUT2D eigenvalue weighted by molar-refractivity contribution is 9.11. The first-order chi connectivity index (χ1) is 6.65. The number of hydrogen-bond acceptors (Lipinski definition) is 4. The van der Waals surface area contributed by atoms with Crippen molar-refractivity contribution in [2.24, 2.45) is 0 Å². The number of ether oxygens (including phenoxy) is 1. The Morgan fingerprint density at radius 3 is 2.79 bits per heavy atom. The average molecular weight is 277 g/mol. The maximum atomic E-state index is 11.3. The average Bonchev–Trinajstić information content (AvgIpc) is 2.51. The topological polar surface area (TPSA) is 43.4 Å². The molecule has 0 saturated heterocycles. The Balaban J connectivity index is 2.59. The second kappa shape index (κ2) is 5.26. The standard InChI is InChI=1S/C9H9BrO3S/c1-2-3-7(11)13-9(12)6-4-5-14-8(6)10/h4-5H,2-3H2,1H3. The van der Waals surface area contributed by atoms with Gasteiger partial charge in [-0.15, -0.1) is 11.3 Å². The van der Waals surface area contributed by atoms with E-state index in [4.69, 9.17) is 0 Å². The fourth-order valence-corrected chi connectivity index (χ4v) is 2.07.